The number of phenolic OH excluding ortho intramolecular Hbond substituents is 1. The number of amides is 1. The predicted octanol–water partition coefficient (Wildman–Crippen LogP) is 3.03. The predicted molar refractivity (Wildman–Crippen MR) is 105 cm³/mol. The van der Waals surface area contributed by atoms with Gasteiger partial charge in [-0.3, -0.25) is 14.6 Å². The van der Waals surface area contributed by atoms with Gasteiger partial charge in [-0.2, -0.15) is 0 Å². The normalized spacial score (nSPS) is 18.6. The van der Waals surface area contributed by atoms with Gasteiger partial charge in [0, 0.05) is 13.1 Å². The molecule has 1 aromatic heterocycles. The monoisotopic (exact) mass is 387 g/mol. The molecular weight excluding hydrogens is 366 g/mol. The number of halogens is 1. The van der Waals surface area contributed by atoms with E-state index in [-0.39, 0.29) is 17.7 Å². The Morgan fingerprint density at radius 1 is 1.33 bits per heavy atom. The van der Waals surface area contributed by atoms with Crippen molar-refractivity contribution in [1.82, 2.24) is 14.5 Å². The number of hydrogen-bond donors (Lipinski definition) is 1. The van der Waals surface area contributed by atoms with Crippen molar-refractivity contribution in [2.24, 2.45) is 4.99 Å². The van der Waals surface area contributed by atoms with Crippen molar-refractivity contribution < 1.29 is 9.90 Å². The van der Waals surface area contributed by atoms with Crippen molar-refractivity contribution in [3.8, 4) is 5.75 Å². The largest absolute Gasteiger partial charge is 0.506 e. The van der Waals surface area contributed by atoms with Crippen molar-refractivity contribution in [2.75, 3.05) is 18.0 Å². The number of nitrogens with zero attached hydrogens (tertiary/aromatic N) is 5. The molecule has 1 N–H and O–H groups in total. The highest BCUT2D eigenvalue weighted by Gasteiger charge is 2.42. The van der Waals surface area contributed by atoms with Crippen LogP contribution in [0.5, 0.6) is 5.75 Å². The van der Waals surface area contributed by atoms with Crippen LogP contribution in [0.15, 0.2) is 23.2 Å². The molecular formula is C19H22ClN5O2. The summed E-state index contributed by atoms with van der Waals surface area (Å²) in [5.41, 5.74) is 1.47. The van der Waals surface area contributed by atoms with Gasteiger partial charge in [0.1, 0.15) is 11.6 Å². The molecule has 7 nitrogen and oxygen atoms in total. The van der Waals surface area contributed by atoms with Gasteiger partial charge in [-0.1, -0.05) is 24.6 Å². The maximum atomic E-state index is 13.2. The molecule has 142 valence electrons. The van der Waals surface area contributed by atoms with E-state index in [1.54, 1.807) is 23.1 Å². The third-order valence-electron chi connectivity index (χ3n) is 5.16. The first kappa shape index (κ1) is 17.9. The number of imidazole rings is 1. The molecule has 0 saturated heterocycles. The SMILES string of the molecule is CC[C@@H]1CN2C(=N1)N(CC)C(=O)c1c2nc(C)n1Cc1ccc(O)c(Cl)c1. The second kappa shape index (κ2) is 6.56. The number of guanidine groups is 1. The molecule has 0 bridgehead atoms. The molecule has 0 aliphatic carbocycles. The minimum absolute atomic E-state index is 0.0431. The second-order valence-electron chi connectivity index (χ2n) is 6.85. The number of fused-ring (bicyclic) bond motifs is 3. The standard InChI is InChI=1S/C19H22ClN5O2/c1-4-13-10-25-17-16(18(27)23(5-2)19(25)22-13)24(11(3)21-17)9-12-6-7-15(26)14(20)8-12/h6-8,13,26H,4-5,9-10H2,1-3H3/t13-/m1/s1. The lowest BCUT2D eigenvalue weighted by Crippen LogP contribution is -2.50. The number of phenols is 1. The number of benzene rings is 1. The van der Waals surface area contributed by atoms with Crippen LogP contribution in [0.3, 0.4) is 0 Å². The molecule has 1 atom stereocenters. The van der Waals surface area contributed by atoms with E-state index in [9.17, 15) is 9.90 Å². The van der Waals surface area contributed by atoms with Gasteiger partial charge >= 0.3 is 0 Å². The fourth-order valence-electron chi connectivity index (χ4n) is 3.66. The molecule has 2 aliphatic heterocycles. The number of aromatic hydroxyl groups is 1. The van der Waals surface area contributed by atoms with Crippen LogP contribution in [-0.4, -0.2) is 50.6 Å². The minimum Gasteiger partial charge on any atom is -0.506 e. The number of carbonyl (C=O) groups excluding carboxylic acids is 1. The van der Waals surface area contributed by atoms with E-state index >= 15 is 0 Å². The molecule has 4 rings (SSSR count). The fourth-order valence-corrected chi connectivity index (χ4v) is 3.86. The van der Waals surface area contributed by atoms with Crippen LogP contribution in [0.25, 0.3) is 0 Å². The first-order valence-electron chi connectivity index (χ1n) is 9.16. The number of carbonyl (C=O) groups is 1. The molecule has 0 spiro atoms. The van der Waals surface area contributed by atoms with Gasteiger partial charge in [-0.05, 0) is 38.0 Å². The van der Waals surface area contributed by atoms with Gasteiger partial charge in [0.25, 0.3) is 5.91 Å². The van der Waals surface area contributed by atoms with Crippen molar-refractivity contribution in [3.63, 3.8) is 0 Å². The Hall–Kier alpha value is -2.54. The third-order valence-corrected chi connectivity index (χ3v) is 5.46. The van der Waals surface area contributed by atoms with Crippen LogP contribution in [0.1, 0.15) is 42.1 Å². The lowest BCUT2D eigenvalue weighted by atomic mass is 10.2. The van der Waals surface area contributed by atoms with Gasteiger partial charge in [0.05, 0.1) is 17.6 Å². The fraction of sp³-hybridized carbons (Fsp3) is 0.421. The first-order chi connectivity index (χ1) is 12.9. The van der Waals surface area contributed by atoms with Gasteiger partial charge in [0.2, 0.25) is 5.96 Å². The average Bonchev–Trinajstić information content (AvgIpc) is 3.20. The topological polar surface area (TPSA) is 74.0 Å². The summed E-state index contributed by atoms with van der Waals surface area (Å²) in [7, 11) is 0. The lowest BCUT2D eigenvalue weighted by Gasteiger charge is -2.33. The maximum Gasteiger partial charge on any atom is 0.281 e. The van der Waals surface area contributed by atoms with E-state index in [0.29, 0.717) is 35.6 Å². The van der Waals surface area contributed by atoms with E-state index in [0.717, 1.165) is 24.4 Å². The number of aryl methyl sites for hydroxylation is 1. The van der Waals surface area contributed by atoms with Crippen molar-refractivity contribution >= 4 is 29.3 Å². The molecule has 8 heteroatoms. The summed E-state index contributed by atoms with van der Waals surface area (Å²) in [6.45, 7) is 7.70. The summed E-state index contributed by atoms with van der Waals surface area (Å²) < 4.78 is 1.92. The van der Waals surface area contributed by atoms with E-state index in [1.165, 1.54) is 0 Å². The maximum absolute atomic E-state index is 13.2. The Labute approximate surface area is 162 Å². The van der Waals surface area contributed by atoms with Crippen LogP contribution in [0, 0.1) is 6.92 Å². The van der Waals surface area contributed by atoms with Crippen molar-refractivity contribution in [1.29, 1.82) is 0 Å². The van der Waals surface area contributed by atoms with Gasteiger partial charge < -0.3 is 9.67 Å². The lowest BCUT2D eigenvalue weighted by molar-refractivity contribution is 0.0836. The Morgan fingerprint density at radius 3 is 2.78 bits per heavy atom. The third kappa shape index (κ3) is 2.77. The average molecular weight is 388 g/mol. The number of aliphatic imine (C=N–C) groups is 1. The zero-order chi connectivity index (χ0) is 19.3. The number of hydrogen-bond acceptors (Lipinski definition) is 5. The highest BCUT2D eigenvalue weighted by Crippen LogP contribution is 2.33. The molecule has 0 unspecified atom stereocenters. The number of anilines is 1. The van der Waals surface area contributed by atoms with Crippen molar-refractivity contribution in [3.05, 3.63) is 40.3 Å². The van der Waals surface area contributed by atoms with Crippen LogP contribution in [-0.2, 0) is 6.54 Å². The highest BCUT2D eigenvalue weighted by atomic mass is 35.5. The smallest absolute Gasteiger partial charge is 0.281 e. The van der Waals surface area contributed by atoms with Gasteiger partial charge in [-0.25, -0.2) is 9.98 Å². The first-order valence-corrected chi connectivity index (χ1v) is 9.54. The molecule has 27 heavy (non-hydrogen) atoms. The van der Waals surface area contributed by atoms with E-state index in [2.05, 4.69) is 11.8 Å². The van der Waals surface area contributed by atoms with Crippen LogP contribution in [0.4, 0.5) is 5.82 Å². The summed E-state index contributed by atoms with van der Waals surface area (Å²) >= 11 is 6.04. The number of rotatable bonds is 4. The summed E-state index contributed by atoms with van der Waals surface area (Å²) in [4.78, 5) is 26.4. The number of aromatic nitrogens is 2. The molecule has 3 heterocycles. The summed E-state index contributed by atoms with van der Waals surface area (Å²) in [5, 5.41) is 9.94. The molecule has 0 fully saturated rings. The molecule has 0 saturated carbocycles. The van der Waals surface area contributed by atoms with Crippen LogP contribution < -0.4 is 4.90 Å². The van der Waals surface area contributed by atoms with Gasteiger partial charge in [-0.15, -0.1) is 0 Å². The van der Waals surface area contributed by atoms with E-state index in [4.69, 9.17) is 21.6 Å². The van der Waals surface area contributed by atoms with Crippen molar-refractivity contribution in [2.45, 2.75) is 39.8 Å². The summed E-state index contributed by atoms with van der Waals surface area (Å²) in [5.74, 6) is 2.11. The summed E-state index contributed by atoms with van der Waals surface area (Å²) in [6, 6.07) is 5.25. The molecule has 1 amide bonds. The highest BCUT2D eigenvalue weighted by molar-refractivity contribution is 6.32. The minimum atomic E-state index is -0.0790. The van der Waals surface area contributed by atoms with Gasteiger partial charge in [0.15, 0.2) is 11.5 Å². The molecule has 1 aromatic carbocycles. The van der Waals surface area contributed by atoms with E-state index in [1.807, 2.05) is 18.4 Å². The Bertz CT molecular complexity index is 952. The summed E-state index contributed by atoms with van der Waals surface area (Å²) in [6.07, 6.45) is 0.923. The molecule has 2 aromatic rings. The Kier molecular flexibility index (Phi) is 4.34. The Morgan fingerprint density at radius 2 is 2.11 bits per heavy atom. The van der Waals surface area contributed by atoms with Crippen LogP contribution >= 0.6 is 11.6 Å². The Balaban J connectivity index is 1.79. The van der Waals surface area contributed by atoms with Crippen LogP contribution in [0.2, 0.25) is 5.02 Å². The van der Waals surface area contributed by atoms with E-state index < -0.39 is 0 Å². The zero-order valence-corrected chi connectivity index (χ0v) is 16.4. The molecule has 0 radical (unpaired) electrons. The second-order valence-corrected chi connectivity index (χ2v) is 7.26. The zero-order valence-electron chi connectivity index (χ0n) is 15.6. The quantitative estimate of drug-likeness (QED) is 0.875. The molecule has 2 aliphatic rings.